The van der Waals surface area contributed by atoms with E-state index in [9.17, 15) is 9.59 Å². The van der Waals surface area contributed by atoms with E-state index in [1.807, 2.05) is 0 Å². The SMILES string of the molecule is Cc1cncc(C(=O)OC(=O)NC2CCCCC2)n1. The van der Waals surface area contributed by atoms with Crippen molar-refractivity contribution in [2.75, 3.05) is 0 Å². The number of aromatic nitrogens is 2. The highest BCUT2D eigenvalue weighted by Gasteiger charge is 2.19. The van der Waals surface area contributed by atoms with Crippen molar-refractivity contribution in [3.8, 4) is 0 Å². The maximum Gasteiger partial charge on any atom is 0.415 e. The Morgan fingerprint density at radius 1 is 1.26 bits per heavy atom. The van der Waals surface area contributed by atoms with Crippen LogP contribution in [-0.2, 0) is 4.74 Å². The molecule has 1 heterocycles. The summed E-state index contributed by atoms with van der Waals surface area (Å²) in [6.07, 6.45) is 7.37. The smallest absolute Gasteiger partial charge is 0.371 e. The topological polar surface area (TPSA) is 81.2 Å². The Morgan fingerprint density at radius 2 is 2.00 bits per heavy atom. The molecule has 1 N–H and O–H groups in total. The summed E-state index contributed by atoms with van der Waals surface area (Å²) in [5.41, 5.74) is 0.640. The van der Waals surface area contributed by atoms with Gasteiger partial charge in [-0.15, -0.1) is 0 Å². The molecule has 6 nitrogen and oxygen atoms in total. The molecular formula is C13H17N3O3. The van der Waals surface area contributed by atoms with Crippen molar-refractivity contribution in [3.05, 3.63) is 23.8 Å². The molecule has 1 aliphatic rings. The number of hydrogen-bond donors (Lipinski definition) is 1. The summed E-state index contributed by atoms with van der Waals surface area (Å²) >= 11 is 0. The average Bonchev–Trinajstić information content (AvgIpc) is 2.39. The summed E-state index contributed by atoms with van der Waals surface area (Å²) in [5, 5.41) is 2.70. The molecule has 1 fully saturated rings. The van der Waals surface area contributed by atoms with Gasteiger partial charge >= 0.3 is 12.1 Å². The van der Waals surface area contributed by atoms with Crippen LogP contribution in [0.5, 0.6) is 0 Å². The minimum atomic E-state index is -0.774. The molecule has 0 atom stereocenters. The largest absolute Gasteiger partial charge is 0.415 e. The van der Waals surface area contributed by atoms with E-state index in [-0.39, 0.29) is 11.7 Å². The van der Waals surface area contributed by atoms with Gasteiger partial charge in [-0.25, -0.2) is 14.6 Å². The van der Waals surface area contributed by atoms with Crippen molar-refractivity contribution in [3.63, 3.8) is 0 Å². The first-order chi connectivity index (χ1) is 9.15. The number of aryl methyl sites for hydroxylation is 1. The maximum atomic E-state index is 11.7. The molecule has 6 heteroatoms. The zero-order valence-electron chi connectivity index (χ0n) is 10.9. The quantitative estimate of drug-likeness (QED) is 0.651. The van der Waals surface area contributed by atoms with Crippen LogP contribution in [0, 0.1) is 6.92 Å². The third-order valence-corrected chi connectivity index (χ3v) is 3.08. The van der Waals surface area contributed by atoms with Crippen LogP contribution in [0.3, 0.4) is 0 Å². The number of nitrogens with zero attached hydrogens (tertiary/aromatic N) is 2. The molecule has 0 bridgehead atoms. The van der Waals surface area contributed by atoms with Gasteiger partial charge in [-0.2, -0.15) is 0 Å². The summed E-state index contributed by atoms with van der Waals surface area (Å²) in [7, 11) is 0. The normalized spacial score (nSPS) is 15.8. The third-order valence-electron chi connectivity index (χ3n) is 3.08. The summed E-state index contributed by atoms with van der Waals surface area (Å²) in [6, 6.07) is 0.109. The second kappa shape index (κ2) is 6.26. The summed E-state index contributed by atoms with van der Waals surface area (Å²) in [4.78, 5) is 31.0. The number of rotatable bonds is 2. The number of esters is 1. The lowest BCUT2D eigenvalue weighted by atomic mass is 9.96. The fourth-order valence-electron chi connectivity index (χ4n) is 2.14. The van der Waals surface area contributed by atoms with Crippen LogP contribution in [0.2, 0.25) is 0 Å². The monoisotopic (exact) mass is 263 g/mol. The number of alkyl carbamates (subject to hydrolysis) is 1. The number of amides is 1. The first kappa shape index (κ1) is 13.5. The van der Waals surface area contributed by atoms with Crippen LogP contribution in [0.25, 0.3) is 0 Å². The number of carbonyl (C=O) groups excluding carboxylic acids is 2. The first-order valence-electron chi connectivity index (χ1n) is 6.46. The van der Waals surface area contributed by atoms with E-state index in [0.29, 0.717) is 5.69 Å². The fourth-order valence-corrected chi connectivity index (χ4v) is 2.14. The van der Waals surface area contributed by atoms with Gasteiger partial charge in [-0.3, -0.25) is 4.98 Å². The summed E-state index contributed by atoms with van der Waals surface area (Å²) < 4.78 is 4.70. The maximum absolute atomic E-state index is 11.7. The molecule has 1 aromatic rings. The Morgan fingerprint density at radius 3 is 2.68 bits per heavy atom. The molecule has 2 rings (SSSR count). The van der Waals surface area contributed by atoms with Gasteiger partial charge in [-0.1, -0.05) is 19.3 Å². The molecule has 1 amide bonds. The van der Waals surface area contributed by atoms with Gasteiger partial charge in [0.05, 0.1) is 11.9 Å². The van der Waals surface area contributed by atoms with Gasteiger partial charge in [0, 0.05) is 12.2 Å². The molecule has 1 aromatic heterocycles. The molecule has 1 saturated carbocycles. The lowest BCUT2D eigenvalue weighted by Gasteiger charge is -2.21. The Bertz CT molecular complexity index is 470. The lowest BCUT2D eigenvalue weighted by molar-refractivity contribution is 0.0607. The summed E-state index contributed by atoms with van der Waals surface area (Å²) in [6.45, 7) is 1.71. The minimum Gasteiger partial charge on any atom is -0.371 e. The van der Waals surface area contributed by atoms with Crippen LogP contribution in [0.4, 0.5) is 4.79 Å². The van der Waals surface area contributed by atoms with E-state index >= 15 is 0 Å². The van der Waals surface area contributed by atoms with E-state index in [1.54, 1.807) is 6.92 Å². The molecular weight excluding hydrogens is 246 g/mol. The van der Waals surface area contributed by atoms with E-state index in [0.717, 1.165) is 25.7 Å². The van der Waals surface area contributed by atoms with Crippen LogP contribution in [0.1, 0.15) is 48.3 Å². The number of hydrogen-bond acceptors (Lipinski definition) is 5. The van der Waals surface area contributed by atoms with E-state index < -0.39 is 12.1 Å². The standard InChI is InChI=1S/C13H17N3O3/c1-9-7-14-8-11(15-9)12(17)19-13(18)16-10-5-3-2-4-6-10/h7-8,10H,2-6H2,1H3,(H,16,18). The molecule has 0 unspecified atom stereocenters. The van der Waals surface area contributed by atoms with E-state index in [1.165, 1.54) is 18.8 Å². The second-order valence-corrected chi connectivity index (χ2v) is 4.70. The second-order valence-electron chi connectivity index (χ2n) is 4.70. The zero-order valence-corrected chi connectivity index (χ0v) is 10.9. The van der Waals surface area contributed by atoms with Gasteiger partial charge in [-0.05, 0) is 19.8 Å². The van der Waals surface area contributed by atoms with Crippen molar-refractivity contribution in [2.45, 2.75) is 45.1 Å². The Labute approximate surface area is 111 Å². The zero-order chi connectivity index (χ0) is 13.7. The third kappa shape index (κ3) is 4.01. The highest BCUT2D eigenvalue weighted by atomic mass is 16.6. The van der Waals surface area contributed by atoms with E-state index in [2.05, 4.69) is 15.3 Å². The molecule has 1 aliphatic carbocycles. The van der Waals surface area contributed by atoms with Gasteiger partial charge in [0.1, 0.15) is 0 Å². The molecule has 0 radical (unpaired) electrons. The van der Waals surface area contributed by atoms with Crippen molar-refractivity contribution in [1.29, 1.82) is 0 Å². The highest BCUT2D eigenvalue weighted by Crippen LogP contribution is 2.17. The predicted molar refractivity (Wildman–Crippen MR) is 67.6 cm³/mol. The van der Waals surface area contributed by atoms with E-state index in [4.69, 9.17) is 4.74 Å². The molecule has 0 saturated heterocycles. The van der Waals surface area contributed by atoms with Gasteiger partial charge in [0.2, 0.25) is 0 Å². The molecule has 0 aromatic carbocycles. The number of carbonyl (C=O) groups is 2. The van der Waals surface area contributed by atoms with Crippen molar-refractivity contribution in [1.82, 2.24) is 15.3 Å². The minimum absolute atomic E-state index is 0.0406. The predicted octanol–water partition coefficient (Wildman–Crippen LogP) is 1.98. The van der Waals surface area contributed by atoms with Crippen LogP contribution >= 0.6 is 0 Å². The number of ether oxygens (including phenoxy) is 1. The van der Waals surface area contributed by atoms with Crippen molar-refractivity contribution in [2.24, 2.45) is 0 Å². The fraction of sp³-hybridized carbons (Fsp3) is 0.538. The van der Waals surface area contributed by atoms with Gasteiger partial charge in [0.15, 0.2) is 5.69 Å². The summed E-state index contributed by atoms with van der Waals surface area (Å²) in [5.74, 6) is -0.774. The van der Waals surface area contributed by atoms with Gasteiger partial charge < -0.3 is 10.1 Å². The van der Waals surface area contributed by atoms with Crippen LogP contribution < -0.4 is 5.32 Å². The molecule has 0 spiro atoms. The number of nitrogens with one attached hydrogen (secondary N) is 1. The van der Waals surface area contributed by atoms with Crippen LogP contribution in [0.15, 0.2) is 12.4 Å². The van der Waals surface area contributed by atoms with Gasteiger partial charge in [0.25, 0.3) is 0 Å². The first-order valence-corrected chi connectivity index (χ1v) is 6.46. The van der Waals surface area contributed by atoms with Crippen LogP contribution in [-0.4, -0.2) is 28.1 Å². The molecule has 102 valence electrons. The van der Waals surface area contributed by atoms with Crippen molar-refractivity contribution < 1.29 is 14.3 Å². The Hall–Kier alpha value is -1.98. The highest BCUT2D eigenvalue weighted by molar-refractivity contribution is 5.94. The van der Waals surface area contributed by atoms with Crippen molar-refractivity contribution >= 4 is 12.1 Å². The molecule has 0 aliphatic heterocycles. The Kier molecular flexibility index (Phi) is 4.43. The average molecular weight is 263 g/mol. The Balaban J connectivity index is 1.86. The lowest BCUT2D eigenvalue weighted by Crippen LogP contribution is -2.37. The molecule has 19 heavy (non-hydrogen) atoms.